The van der Waals surface area contributed by atoms with Crippen molar-refractivity contribution in [1.29, 1.82) is 0 Å². The number of hydrogen-bond acceptors (Lipinski definition) is 2. The van der Waals surface area contributed by atoms with E-state index in [4.69, 9.17) is 18.0 Å². The molecule has 0 spiro atoms. The number of rotatable bonds is 7. The van der Waals surface area contributed by atoms with Crippen molar-refractivity contribution < 1.29 is 4.39 Å². The summed E-state index contributed by atoms with van der Waals surface area (Å²) in [5.74, 6) is -0.345. The van der Waals surface area contributed by atoms with E-state index >= 15 is 0 Å². The average Bonchev–Trinajstić information content (AvgIpc) is 2.36. The maximum absolute atomic E-state index is 13.5. The molecule has 0 amide bonds. The highest BCUT2D eigenvalue weighted by Gasteiger charge is 2.08. The second kappa shape index (κ2) is 7.44. The molecule has 0 fully saturated rings. The third kappa shape index (κ3) is 4.35. The second-order valence-electron chi connectivity index (χ2n) is 4.40. The fraction of sp³-hybridized carbons (Fsp3) is 0.500. The molecule has 0 saturated carbocycles. The van der Waals surface area contributed by atoms with Crippen molar-refractivity contribution in [3.05, 3.63) is 35.1 Å². The normalized spacial score (nSPS) is 10.9. The van der Waals surface area contributed by atoms with E-state index in [1.54, 1.807) is 12.1 Å². The van der Waals surface area contributed by atoms with Crippen LogP contribution in [0.4, 0.5) is 4.39 Å². The highest BCUT2D eigenvalue weighted by Crippen LogP contribution is 2.13. The van der Waals surface area contributed by atoms with Gasteiger partial charge in [-0.15, -0.1) is 0 Å². The predicted molar refractivity (Wildman–Crippen MR) is 78.1 cm³/mol. The van der Waals surface area contributed by atoms with Crippen LogP contribution in [0, 0.1) is 5.82 Å². The molecule has 0 atom stereocenters. The number of hydrogen-bond donors (Lipinski definition) is 1. The zero-order valence-electron chi connectivity index (χ0n) is 11.1. The highest BCUT2D eigenvalue weighted by atomic mass is 32.1. The lowest BCUT2D eigenvalue weighted by Crippen LogP contribution is -2.24. The lowest BCUT2D eigenvalue weighted by Gasteiger charge is -2.20. The first kappa shape index (κ1) is 15.1. The van der Waals surface area contributed by atoms with Crippen LogP contribution in [0.15, 0.2) is 18.2 Å². The van der Waals surface area contributed by atoms with E-state index < -0.39 is 0 Å². The largest absolute Gasteiger partial charge is 0.389 e. The van der Waals surface area contributed by atoms with Crippen LogP contribution in [0.5, 0.6) is 0 Å². The summed E-state index contributed by atoms with van der Waals surface area (Å²) in [6, 6.07) is 5.00. The minimum Gasteiger partial charge on any atom is -0.389 e. The predicted octanol–water partition coefficient (Wildman–Crippen LogP) is 3.08. The van der Waals surface area contributed by atoms with Gasteiger partial charge in [0.15, 0.2) is 0 Å². The van der Waals surface area contributed by atoms with E-state index in [1.165, 1.54) is 18.9 Å². The maximum Gasteiger partial charge on any atom is 0.133 e. The molecule has 0 aromatic heterocycles. The van der Waals surface area contributed by atoms with Gasteiger partial charge in [0.2, 0.25) is 0 Å². The summed E-state index contributed by atoms with van der Waals surface area (Å²) in [6.07, 6.45) is 2.36. The van der Waals surface area contributed by atoms with Crippen molar-refractivity contribution in [3.63, 3.8) is 0 Å². The van der Waals surface area contributed by atoms with Gasteiger partial charge in [-0.1, -0.05) is 38.6 Å². The summed E-state index contributed by atoms with van der Waals surface area (Å²) >= 11 is 4.85. The van der Waals surface area contributed by atoms with Crippen molar-refractivity contribution in [2.45, 2.75) is 33.2 Å². The van der Waals surface area contributed by atoms with E-state index in [1.807, 2.05) is 0 Å². The van der Waals surface area contributed by atoms with Gasteiger partial charge in [0.25, 0.3) is 0 Å². The van der Waals surface area contributed by atoms with Gasteiger partial charge in [0.05, 0.1) is 0 Å². The molecule has 4 heteroatoms. The Morgan fingerprint density at radius 1 is 1.39 bits per heavy atom. The summed E-state index contributed by atoms with van der Waals surface area (Å²) < 4.78 is 13.5. The average molecular weight is 268 g/mol. The molecular weight excluding hydrogens is 247 g/mol. The van der Waals surface area contributed by atoms with E-state index in [0.717, 1.165) is 25.2 Å². The van der Waals surface area contributed by atoms with Crippen LogP contribution in [0.2, 0.25) is 0 Å². The summed E-state index contributed by atoms with van der Waals surface area (Å²) in [5.41, 5.74) is 6.90. The standard InChI is InChI=1S/C14H21FN2S/c1-3-5-8-17(4-2)10-11-6-7-13(15)12(9-11)14(16)18/h6-7,9H,3-5,8,10H2,1-2H3,(H2,16,18). The molecule has 0 aliphatic rings. The first-order valence-electron chi connectivity index (χ1n) is 6.39. The lowest BCUT2D eigenvalue weighted by molar-refractivity contribution is 0.275. The lowest BCUT2D eigenvalue weighted by atomic mass is 10.1. The van der Waals surface area contributed by atoms with Gasteiger partial charge in [0, 0.05) is 12.1 Å². The molecule has 1 aromatic carbocycles. The van der Waals surface area contributed by atoms with Crippen LogP contribution in [0.1, 0.15) is 37.8 Å². The summed E-state index contributed by atoms with van der Waals surface area (Å²) in [7, 11) is 0. The molecule has 0 heterocycles. The monoisotopic (exact) mass is 268 g/mol. The van der Waals surface area contributed by atoms with Gasteiger partial charge in [0.1, 0.15) is 10.8 Å². The maximum atomic E-state index is 13.5. The number of unbranched alkanes of at least 4 members (excludes halogenated alkanes) is 1. The number of nitrogens with two attached hydrogens (primary N) is 1. The third-order valence-corrected chi connectivity index (χ3v) is 3.20. The fourth-order valence-corrected chi connectivity index (χ4v) is 2.00. The van der Waals surface area contributed by atoms with Gasteiger partial charge in [-0.05, 0) is 37.2 Å². The Kier molecular flexibility index (Phi) is 6.22. The van der Waals surface area contributed by atoms with Crippen LogP contribution in [0.3, 0.4) is 0 Å². The Morgan fingerprint density at radius 3 is 2.67 bits per heavy atom. The van der Waals surface area contributed by atoms with E-state index in [-0.39, 0.29) is 10.8 Å². The van der Waals surface area contributed by atoms with Crippen molar-refractivity contribution in [2.24, 2.45) is 5.73 Å². The Hall–Kier alpha value is -1.00. The zero-order valence-corrected chi connectivity index (χ0v) is 11.9. The molecule has 100 valence electrons. The molecule has 0 unspecified atom stereocenters. The van der Waals surface area contributed by atoms with Gasteiger partial charge in [-0.25, -0.2) is 4.39 Å². The summed E-state index contributed by atoms with van der Waals surface area (Å²) in [4.78, 5) is 2.45. The molecule has 2 N–H and O–H groups in total. The number of thiocarbonyl (C=S) groups is 1. The van der Waals surface area contributed by atoms with Crippen molar-refractivity contribution in [3.8, 4) is 0 Å². The minimum atomic E-state index is -0.345. The van der Waals surface area contributed by atoms with Crippen LogP contribution in [-0.2, 0) is 6.54 Å². The molecule has 18 heavy (non-hydrogen) atoms. The Bertz CT molecular complexity index is 407. The Morgan fingerprint density at radius 2 is 2.11 bits per heavy atom. The summed E-state index contributed by atoms with van der Waals surface area (Å²) in [6.45, 7) is 7.17. The molecule has 1 aromatic rings. The van der Waals surface area contributed by atoms with Gasteiger partial charge in [-0.3, -0.25) is 4.90 Å². The SMILES string of the molecule is CCCCN(CC)Cc1ccc(F)c(C(N)=S)c1. The van der Waals surface area contributed by atoms with Gasteiger partial charge in [-0.2, -0.15) is 0 Å². The molecule has 0 aliphatic heterocycles. The molecule has 1 rings (SSSR count). The molecular formula is C14H21FN2S. The van der Waals surface area contributed by atoms with Crippen molar-refractivity contribution in [2.75, 3.05) is 13.1 Å². The fourth-order valence-electron chi connectivity index (χ4n) is 1.85. The van der Waals surface area contributed by atoms with Crippen LogP contribution >= 0.6 is 12.2 Å². The molecule has 0 radical (unpaired) electrons. The molecule has 0 saturated heterocycles. The first-order chi connectivity index (χ1) is 8.58. The Balaban J connectivity index is 2.77. The number of benzene rings is 1. The van der Waals surface area contributed by atoms with Crippen LogP contribution in [-0.4, -0.2) is 23.0 Å². The smallest absolute Gasteiger partial charge is 0.133 e. The van der Waals surface area contributed by atoms with E-state index in [9.17, 15) is 4.39 Å². The molecule has 0 aliphatic carbocycles. The first-order valence-corrected chi connectivity index (χ1v) is 6.79. The van der Waals surface area contributed by atoms with E-state index in [0.29, 0.717) is 5.56 Å². The topological polar surface area (TPSA) is 29.3 Å². The number of nitrogens with zero attached hydrogens (tertiary/aromatic N) is 1. The molecule has 2 nitrogen and oxygen atoms in total. The molecule has 0 bridgehead atoms. The quantitative estimate of drug-likeness (QED) is 0.771. The van der Waals surface area contributed by atoms with Crippen LogP contribution < -0.4 is 5.73 Å². The highest BCUT2D eigenvalue weighted by molar-refractivity contribution is 7.80. The zero-order chi connectivity index (χ0) is 13.5. The Labute approximate surface area is 114 Å². The van der Waals surface area contributed by atoms with E-state index in [2.05, 4.69) is 18.7 Å². The third-order valence-electron chi connectivity index (χ3n) is 2.98. The summed E-state index contributed by atoms with van der Waals surface area (Å²) in [5, 5.41) is 0. The minimum absolute atomic E-state index is 0.117. The van der Waals surface area contributed by atoms with Crippen molar-refractivity contribution >= 4 is 17.2 Å². The van der Waals surface area contributed by atoms with Gasteiger partial charge < -0.3 is 5.73 Å². The van der Waals surface area contributed by atoms with Crippen LogP contribution in [0.25, 0.3) is 0 Å². The van der Waals surface area contributed by atoms with Gasteiger partial charge >= 0.3 is 0 Å². The number of halogens is 1. The van der Waals surface area contributed by atoms with Crippen molar-refractivity contribution in [1.82, 2.24) is 4.90 Å². The second-order valence-corrected chi connectivity index (χ2v) is 4.84.